The Morgan fingerprint density at radius 3 is 2.29 bits per heavy atom. The summed E-state index contributed by atoms with van der Waals surface area (Å²) in [5.74, 6) is 0. The van der Waals surface area contributed by atoms with Gasteiger partial charge in [0.1, 0.15) is 0 Å². The number of carbonyl (C=O) groups is 2. The standard InChI is InChI=1S/C5H5NO2S.C3H7NO/c7-5(8)6-3-1-2-4-9-6;1-4(2)3-5/h1-4H,(H,7,8);3H,1-2H3. The first-order valence-corrected chi connectivity index (χ1v) is 4.55. The van der Waals surface area contributed by atoms with E-state index in [1.807, 2.05) is 0 Å². The van der Waals surface area contributed by atoms with Gasteiger partial charge in [-0.2, -0.15) is 0 Å². The maximum atomic E-state index is 10.2. The predicted molar refractivity (Wildman–Crippen MR) is 55.5 cm³/mol. The maximum absolute atomic E-state index is 10.2. The van der Waals surface area contributed by atoms with Crippen LogP contribution in [0.25, 0.3) is 0 Å². The molecule has 0 atom stereocenters. The van der Waals surface area contributed by atoms with Crippen molar-refractivity contribution in [3.05, 3.63) is 23.8 Å². The van der Waals surface area contributed by atoms with Crippen molar-refractivity contribution < 1.29 is 14.7 Å². The van der Waals surface area contributed by atoms with Crippen molar-refractivity contribution in [2.45, 2.75) is 0 Å². The number of hydrogen-bond acceptors (Lipinski definition) is 3. The Hall–Kier alpha value is -1.43. The number of carboxylic acid groups (broad SMARTS) is 1. The molecule has 0 radical (unpaired) electrons. The molecule has 0 unspecified atom stereocenters. The Balaban J connectivity index is 0.000000292. The van der Waals surface area contributed by atoms with E-state index >= 15 is 0 Å². The summed E-state index contributed by atoms with van der Waals surface area (Å²) in [7, 11) is 3.38. The van der Waals surface area contributed by atoms with E-state index in [0.717, 1.165) is 22.7 Å². The van der Waals surface area contributed by atoms with Crippen LogP contribution in [0.4, 0.5) is 4.79 Å². The third-order valence-electron chi connectivity index (χ3n) is 0.985. The van der Waals surface area contributed by atoms with Crippen molar-refractivity contribution in [3.63, 3.8) is 0 Å². The van der Waals surface area contributed by atoms with Crippen molar-refractivity contribution in [3.8, 4) is 0 Å². The van der Waals surface area contributed by atoms with Crippen LogP contribution in [0.5, 0.6) is 0 Å². The highest BCUT2D eigenvalue weighted by Gasteiger charge is 2.07. The molecule has 1 rings (SSSR count). The maximum Gasteiger partial charge on any atom is 0.421 e. The quantitative estimate of drug-likeness (QED) is 0.531. The van der Waals surface area contributed by atoms with Crippen LogP contribution in [0.3, 0.4) is 0 Å². The predicted octanol–water partition coefficient (Wildman–Crippen LogP) is 1.36. The monoisotopic (exact) mass is 216 g/mol. The molecule has 0 aromatic rings. The average molecular weight is 216 g/mol. The molecule has 0 fully saturated rings. The van der Waals surface area contributed by atoms with E-state index in [0.29, 0.717) is 0 Å². The van der Waals surface area contributed by atoms with Crippen molar-refractivity contribution in [1.29, 1.82) is 0 Å². The van der Waals surface area contributed by atoms with Gasteiger partial charge in [0.2, 0.25) is 6.41 Å². The zero-order chi connectivity index (χ0) is 11.0. The molecule has 6 heteroatoms. The smallest absolute Gasteiger partial charge is 0.421 e. The third kappa shape index (κ3) is 6.13. The first-order valence-electron chi connectivity index (χ1n) is 3.72. The summed E-state index contributed by atoms with van der Waals surface area (Å²) in [4.78, 5) is 21.0. The van der Waals surface area contributed by atoms with E-state index in [1.54, 1.807) is 31.7 Å². The fourth-order valence-electron chi connectivity index (χ4n) is 0.418. The molecule has 1 aliphatic heterocycles. The second-order valence-corrected chi connectivity index (χ2v) is 3.33. The minimum Gasteiger partial charge on any atom is -0.464 e. The summed E-state index contributed by atoms with van der Waals surface area (Å²) in [5, 5.41) is 10.1. The highest BCUT2D eigenvalue weighted by Crippen LogP contribution is 2.15. The van der Waals surface area contributed by atoms with Gasteiger partial charge in [0.05, 0.1) is 0 Å². The van der Waals surface area contributed by atoms with Gasteiger partial charge in [0, 0.05) is 20.3 Å². The van der Waals surface area contributed by atoms with Crippen LogP contribution in [0.2, 0.25) is 0 Å². The van der Waals surface area contributed by atoms with E-state index in [-0.39, 0.29) is 0 Å². The highest BCUT2D eigenvalue weighted by molar-refractivity contribution is 8.00. The lowest BCUT2D eigenvalue weighted by Gasteiger charge is -2.10. The molecule has 1 aliphatic rings. The van der Waals surface area contributed by atoms with Gasteiger partial charge >= 0.3 is 6.09 Å². The molecule has 0 aliphatic carbocycles. The highest BCUT2D eigenvalue weighted by atomic mass is 32.2. The van der Waals surface area contributed by atoms with Gasteiger partial charge in [-0.1, -0.05) is 6.08 Å². The average Bonchev–Trinajstić information content (AvgIpc) is 2.20. The third-order valence-corrected chi connectivity index (χ3v) is 1.77. The second kappa shape index (κ2) is 7.02. The molecule has 0 aromatic carbocycles. The summed E-state index contributed by atoms with van der Waals surface area (Å²) in [6.07, 6.45) is 4.75. The first kappa shape index (κ1) is 12.6. The zero-order valence-corrected chi connectivity index (χ0v) is 8.77. The van der Waals surface area contributed by atoms with Crippen molar-refractivity contribution >= 4 is 24.5 Å². The Morgan fingerprint density at radius 2 is 2.07 bits per heavy atom. The lowest BCUT2D eigenvalue weighted by molar-refractivity contribution is -0.115. The van der Waals surface area contributed by atoms with E-state index in [9.17, 15) is 9.59 Å². The Kier molecular flexibility index (Phi) is 6.30. The number of amides is 2. The number of rotatable bonds is 1. The van der Waals surface area contributed by atoms with Crippen LogP contribution in [0.15, 0.2) is 23.8 Å². The Morgan fingerprint density at radius 1 is 1.50 bits per heavy atom. The molecule has 0 spiro atoms. The van der Waals surface area contributed by atoms with E-state index in [4.69, 9.17) is 5.11 Å². The number of carbonyl (C=O) groups excluding carboxylic acids is 1. The molecular formula is C8H12N2O3S. The summed E-state index contributed by atoms with van der Waals surface area (Å²) in [5.41, 5.74) is 0. The molecule has 14 heavy (non-hydrogen) atoms. The fourth-order valence-corrected chi connectivity index (χ4v) is 0.941. The van der Waals surface area contributed by atoms with Crippen LogP contribution in [0.1, 0.15) is 0 Å². The molecule has 0 saturated carbocycles. The van der Waals surface area contributed by atoms with Crippen LogP contribution >= 0.6 is 11.9 Å². The molecule has 0 bridgehead atoms. The molecule has 0 aromatic heterocycles. The van der Waals surface area contributed by atoms with Crippen molar-refractivity contribution in [2.24, 2.45) is 0 Å². The molecule has 2 amide bonds. The van der Waals surface area contributed by atoms with Crippen molar-refractivity contribution in [1.82, 2.24) is 9.21 Å². The molecule has 5 nitrogen and oxygen atoms in total. The molecule has 78 valence electrons. The number of hydrogen-bond donors (Lipinski definition) is 1. The van der Waals surface area contributed by atoms with Gasteiger partial charge < -0.3 is 10.0 Å². The Labute approximate surface area is 86.8 Å². The summed E-state index contributed by atoms with van der Waals surface area (Å²) in [6, 6.07) is 0. The summed E-state index contributed by atoms with van der Waals surface area (Å²) >= 11 is 1.14. The molecule has 1 N–H and O–H groups in total. The molecular weight excluding hydrogens is 204 g/mol. The van der Waals surface area contributed by atoms with Gasteiger partial charge in [0.15, 0.2) is 0 Å². The molecule has 1 heterocycles. The van der Waals surface area contributed by atoms with Crippen LogP contribution < -0.4 is 0 Å². The minimum absolute atomic E-state index is 0.750. The van der Waals surface area contributed by atoms with Crippen LogP contribution in [0, 0.1) is 0 Å². The van der Waals surface area contributed by atoms with Crippen LogP contribution in [-0.2, 0) is 4.79 Å². The second-order valence-electron chi connectivity index (χ2n) is 2.45. The fraction of sp³-hybridized carbons (Fsp3) is 0.250. The van der Waals surface area contributed by atoms with Gasteiger partial charge in [-0.25, -0.2) is 9.10 Å². The topological polar surface area (TPSA) is 60.9 Å². The van der Waals surface area contributed by atoms with Gasteiger partial charge in [-0.15, -0.1) is 0 Å². The number of nitrogens with zero attached hydrogens (tertiary/aromatic N) is 2. The number of allylic oxidation sites excluding steroid dienone is 2. The van der Waals surface area contributed by atoms with E-state index in [2.05, 4.69) is 0 Å². The molecule has 0 saturated heterocycles. The van der Waals surface area contributed by atoms with Crippen LogP contribution in [-0.4, -0.2) is 40.9 Å². The largest absolute Gasteiger partial charge is 0.464 e. The van der Waals surface area contributed by atoms with Gasteiger partial charge in [-0.05, 0) is 23.4 Å². The normalized spacial score (nSPS) is 12.9. The lowest BCUT2D eigenvalue weighted by Crippen LogP contribution is -2.15. The first-order chi connectivity index (χ1) is 6.57. The van der Waals surface area contributed by atoms with E-state index in [1.165, 1.54) is 11.1 Å². The van der Waals surface area contributed by atoms with Crippen molar-refractivity contribution in [2.75, 3.05) is 14.1 Å². The Bertz CT molecular complexity index is 251. The SMILES string of the molecule is CN(C)C=O.O=C(O)N1C=CC=CS1. The summed E-state index contributed by atoms with van der Waals surface area (Å²) < 4.78 is 1.12. The van der Waals surface area contributed by atoms with Gasteiger partial charge in [-0.3, -0.25) is 4.79 Å². The van der Waals surface area contributed by atoms with E-state index < -0.39 is 6.09 Å². The minimum atomic E-state index is -0.944. The summed E-state index contributed by atoms with van der Waals surface area (Å²) in [6.45, 7) is 0. The lowest BCUT2D eigenvalue weighted by atomic mass is 10.6. The van der Waals surface area contributed by atoms with Gasteiger partial charge in [0.25, 0.3) is 0 Å². The zero-order valence-electron chi connectivity index (χ0n) is 7.95.